The van der Waals surface area contributed by atoms with Crippen LogP contribution in [0.2, 0.25) is 0 Å². The highest BCUT2D eigenvalue weighted by molar-refractivity contribution is 7.19. The molecule has 0 aliphatic carbocycles. The van der Waals surface area contributed by atoms with Crippen LogP contribution in [-0.4, -0.2) is 33.6 Å². The summed E-state index contributed by atoms with van der Waals surface area (Å²) in [7, 11) is 1.65. The van der Waals surface area contributed by atoms with E-state index in [9.17, 15) is 4.79 Å². The van der Waals surface area contributed by atoms with Gasteiger partial charge >= 0.3 is 0 Å². The number of methoxy groups -OCH3 is 1. The Kier molecular flexibility index (Phi) is 4.24. The summed E-state index contributed by atoms with van der Waals surface area (Å²) in [6.07, 6.45) is 0.281. The van der Waals surface area contributed by atoms with Crippen LogP contribution < -0.4 is 10.1 Å². The van der Waals surface area contributed by atoms with Gasteiger partial charge in [0.25, 0.3) is 5.95 Å². The quantitative estimate of drug-likeness (QED) is 0.750. The molecular formula is C15H17N5O2S. The average molecular weight is 331 g/mol. The maximum absolute atomic E-state index is 12.2. The van der Waals surface area contributed by atoms with Crippen molar-refractivity contribution in [3.05, 3.63) is 28.6 Å². The van der Waals surface area contributed by atoms with Crippen LogP contribution in [-0.2, 0) is 11.2 Å². The molecular weight excluding hydrogens is 314 g/mol. The summed E-state index contributed by atoms with van der Waals surface area (Å²) in [4.78, 5) is 13.2. The fourth-order valence-electron chi connectivity index (χ4n) is 2.57. The second-order valence-corrected chi connectivity index (χ2v) is 6.55. The summed E-state index contributed by atoms with van der Waals surface area (Å²) in [5, 5.41) is 17.0. The van der Waals surface area contributed by atoms with Crippen molar-refractivity contribution in [3.8, 4) is 5.75 Å². The Bertz CT molecular complexity index is 826. The number of aromatic amines is 1. The molecule has 0 aliphatic heterocycles. The van der Waals surface area contributed by atoms with Crippen LogP contribution >= 0.6 is 11.3 Å². The summed E-state index contributed by atoms with van der Waals surface area (Å²) < 4.78 is 6.47. The van der Waals surface area contributed by atoms with Crippen LogP contribution in [0.25, 0.3) is 10.1 Å². The number of benzene rings is 1. The summed E-state index contributed by atoms with van der Waals surface area (Å²) >= 11 is 1.63. The van der Waals surface area contributed by atoms with Gasteiger partial charge in [0.05, 0.1) is 13.5 Å². The Morgan fingerprint density at radius 3 is 2.91 bits per heavy atom. The first-order chi connectivity index (χ1) is 11.1. The number of anilines is 1. The van der Waals surface area contributed by atoms with Gasteiger partial charge in [-0.2, -0.15) is 5.21 Å². The standard InChI is InChI=1S/C15H17N5O2S/c1-8(2)14-10-6-9(22-3)4-5-11(10)23-12(14)7-13(21)16-15-17-19-20-18-15/h4-6,8H,7H2,1-3H3,(H2,16,17,18,19,20,21). The molecule has 0 unspecified atom stereocenters. The van der Waals surface area contributed by atoms with E-state index in [-0.39, 0.29) is 18.3 Å². The number of amides is 1. The minimum Gasteiger partial charge on any atom is -0.497 e. The molecule has 0 saturated carbocycles. The highest BCUT2D eigenvalue weighted by Gasteiger charge is 2.18. The third-order valence-corrected chi connectivity index (χ3v) is 4.69. The van der Waals surface area contributed by atoms with E-state index < -0.39 is 0 Å². The topological polar surface area (TPSA) is 92.8 Å². The molecule has 23 heavy (non-hydrogen) atoms. The minimum atomic E-state index is -0.160. The van der Waals surface area contributed by atoms with Crippen molar-refractivity contribution in [3.63, 3.8) is 0 Å². The highest BCUT2D eigenvalue weighted by atomic mass is 32.1. The van der Waals surface area contributed by atoms with E-state index in [0.717, 1.165) is 20.7 Å². The van der Waals surface area contributed by atoms with Crippen LogP contribution in [0.5, 0.6) is 5.75 Å². The van der Waals surface area contributed by atoms with Crippen molar-refractivity contribution in [2.75, 3.05) is 12.4 Å². The molecule has 1 aromatic carbocycles. The molecule has 3 rings (SSSR count). The van der Waals surface area contributed by atoms with Crippen molar-refractivity contribution in [2.24, 2.45) is 0 Å². The van der Waals surface area contributed by atoms with Crippen molar-refractivity contribution >= 4 is 33.3 Å². The predicted octanol–water partition coefficient (Wildman–Crippen LogP) is 2.73. The van der Waals surface area contributed by atoms with Crippen molar-refractivity contribution in [2.45, 2.75) is 26.2 Å². The second kappa shape index (κ2) is 6.33. The van der Waals surface area contributed by atoms with E-state index >= 15 is 0 Å². The monoisotopic (exact) mass is 331 g/mol. The van der Waals surface area contributed by atoms with E-state index in [0.29, 0.717) is 5.92 Å². The predicted molar refractivity (Wildman–Crippen MR) is 89.0 cm³/mol. The molecule has 0 atom stereocenters. The lowest BCUT2D eigenvalue weighted by Gasteiger charge is -2.08. The molecule has 0 radical (unpaired) electrons. The van der Waals surface area contributed by atoms with Gasteiger partial charge in [-0.05, 0) is 40.3 Å². The van der Waals surface area contributed by atoms with Crippen LogP contribution in [0, 0.1) is 0 Å². The van der Waals surface area contributed by atoms with Gasteiger partial charge in [0.1, 0.15) is 5.75 Å². The second-order valence-electron chi connectivity index (χ2n) is 5.42. The molecule has 2 aromatic heterocycles. The summed E-state index contributed by atoms with van der Waals surface area (Å²) in [6.45, 7) is 4.25. The van der Waals surface area contributed by atoms with Crippen LogP contribution in [0.1, 0.15) is 30.2 Å². The smallest absolute Gasteiger partial charge is 0.269 e. The number of nitrogens with zero attached hydrogens (tertiary/aromatic N) is 3. The average Bonchev–Trinajstić information content (AvgIpc) is 3.12. The molecule has 1 amide bonds. The Labute approximate surface area is 137 Å². The van der Waals surface area contributed by atoms with E-state index in [1.807, 2.05) is 18.2 Å². The molecule has 2 heterocycles. The zero-order valence-electron chi connectivity index (χ0n) is 13.1. The SMILES string of the molecule is COc1ccc2sc(CC(=O)Nc3nn[nH]n3)c(C(C)C)c2c1. The van der Waals surface area contributed by atoms with Crippen LogP contribution in [0.3, 0.4) is 0 Å². The van der Waals surface area contributed by atoms with Gasteiger partial charge in [0.15, 0.2) is 0 Å². The van der Waals surface area contributed by atoms with Crippen molar-refractivity contribution in [1.29, 1.82) is 0 Å². The number of hydrogen-bond acceptors (Lipinski definition) is 6. The number of aromatic nitrogens is 4. The number of nitrogens with one attached hydrogen (secondary N) is 2. The maximum Gasteiger partial charge on any atom is 0.269 e. The summed E-state index contributed by atoms with van der Waals surface area (Å²) in [5.41, 5.74) is 1.19. The molecule has 0 bridgehead atoms. The number of fused-ring (bicyclic) bond motifs is 1. The van der Waals surface area contributed by atoms with Gasteiger partial charge in [0, 0.05) is 9.58 Å². The summed E-state index contributed by atoms with van der Waals surface area (Å²) in [6, 6.07) is 6.00. The van der Waals surface area contributed by atoms with Crippen molar-refractivity contribution < 1.29 is 9.53 Å². The molecule has 120 valence electrons. The molecule has 3 aromatic rings. The van der Waals surface area contributed by atoms with Gasteiger partial charge in [-0.1, -0.05) is 18.9 Å². The van der Waals surface area contributed by atoms with Gasteiger partial charge in [-0.15, -0.1) is 16.4 Å². The van der Waals surface area contributed by atoms with E-state index in [1.165, 1.54) is 5.56 Å². The van der Waals surface area contributed by atoms with Gasteiger partial charge < -0.3 is 4.74 Å². The Hall–Kier alpha value is -2.48. The third kappa shape index (κ3) is 3.16. The van der Waals surface area contributed by atoms with E-state index in [1.54, 1.807) is 18.4 Å². The van der Waals surface area contributed by atoms with E-state index in [4.69, 9.17) is 4.74 Å². The number of thiophene rings is 1. The lowest BCUT2D eigenvalue weighted by molar-refractivity contribution is -0.115. The lowest BCUT2D eigenvalue weighted by atomic mass is 9.98. The van der Waals surface area contributed by atoms with E-state index in [2.05, 4.69) is 39.8 Å². The molecule has 0 aliphatic rings. The Morgan fingerprint density at radius 1 is 1.43 bits per heavy atom. The number of rotatable bonds is 5. The zero-order chi connectivity index (χ0) is 16.4. The van der Waals surface area contributed by atoms with Crippen LogP contribution in [0.15, 0.2) is 18.2 Å². The number of carbonyl (C=O) groups is 1. The largest absolute Gasteiger partial charge is 0.497 e. The number of carbonyl (C=O) groups excluding carboxylic acids is 1. The first-order valence-electron chi connectivity index (χ1n) is 7.21. The maximum atomic E-state index is 12.2. The molecule has 8 heteroatoms. The highest BCUT2D eigenvalue weighted by Crippen LogP contribution is 2.38. The fourth-order valence-corrected chi connectivity index (χ4v) is 3.91. The fraction of sp³-hybridized carbons (Fsp3) is 0.333. The van der Waals surface area contributed by atoms with Crippen molar-refractivity contribution in [1.82, 2.24) is 20.6 Å². The molecule has 0 fully saturated rings. The number of ether oxygens (including phenoxy) is 1. The number of H-pyrrole nitrogens is 1. The number of hydrogen-bond donors (Lipinski definition) is 2. The van der Waals surface area contributed by atoms with Gasteiger partial charge in [-0.25, -0.2) is 0 Å². The first kappa shape index (κ1) is 15.4. The first-order valence-corrected chi connectivity index (χ1v) is 8.02. The lowest BCUT2D eigenvalue weighted by Crippen LogP contribution is -2.15. The van der Waals surface area contributed by atoms with Gasteiger partial charge in [-0.3, -0.25) is 10.1 Å². The molecule has 0 spiro atoms. The minimum absolute atomic E-state index is 0.160. The van der Waals surface area contributed by atoms with Gasteiger partial charge in [0.2, 0.25) is 5.91 Å². The molecule has 7 nitrogen and oxygen atoms in total. The Balaban J connectivity index is 1.93. The van der Waals surface area contributed by atoms with Crippen LogP contribution in [0.4, 0.5) is 5.95 Å². The summed E-state index contributed by atoms with van der Waals surface area (Å²) in [5.74, 6) is 1.15. The normalized spacial score (nSPS) is 11.1. The number of tetrazole rings is 1. The molecule has 2 N–H and O–H groups in total. The molecule has 0 saturated heterocycles. The Morgan fingerprint density at radius 2 is 2.26 bits per heavy atom. The zero-order valence-corrected chi connectivity index (χ0v) is 13.9. The third-order valence-electron chi connectivity index (χ3n) is 3.51.